The smallest absolute Gasteiger partial charge is 0.117 e. The predicted molar refractivity (Wildman–Crippen MR) is 53.9 cm³/mol. The van der Waals surface area contributed by atoms with Gasteiger partial charge in [0, 0.05) is 6.04 Å². The van der Waals surface area contributed by atoms with E-state index in [0.717, 1.165) is 37.3 Å². The van der Waals surface area contributed by atoms with E-state index in [1.165, 1.54) is 0 Å². The summed E-state index contributed by atoms with van der Waals surface area (Å²) in [6, 6.07) is 4.42. The molecule has 1 aromatic rings. The lowest BCUT2D eigenvalue weighted by Gasteiger charge is -2.09. The Kier molecular flexibility index (Phi) is 2.89. The number of furan rings is 1. The summed E-state index contributed by atoms with van der Waals surface area (Å²) < 4.78 is 5.45. The van der Waals surface area contributed by atoms with E-state index in [0.29, 0.717) is 6.04 Å². The molecule has 2 rings (SSSR count). The lowest BCUT2D eigenvalue weighted by atomic mass is 10.2. The maximum absolute atomic E-state index is 9.34. The largest absolute Gasteiger partial charge is 0.465 e. The van der Waals surface area contributed by atoms with Crippen molar-refractivity contribution in [3.05, 3.63) is 23.7 Å². The van der Waals surface area contributed by atoms with Crippen LogP contribution in [0.4, 0.5) is 0 Å². The maximum Gasteiger partial charge on any atom is 0.117 e. The average Bonchev–Trinajstić information content (AvgIpc) is 2.72. The standard InChI is InChI=1S/C11H17NO2/c1-8-2-5-11(14-8)7-12-9-3-4-10(13)6-9/h2,5,9-10,12-13H,3-4,6-7H2,1H3/t9-,10+/m0/s1. The zero-order valence-electron chi connectivity index (χ0n) is 8.49. The molecule has 1 aromatic heterocycles. The molecule has 0 radical (unpaired) electrons. The summed E-state index contributed by atoms with van der Waals surface area (Å²) in [4.78, 5) is 0. The maximum atomic E-state index is 9.34. The number of hydrogen-bond donors (Lipinski definition) is 2. The minimum atomic E-state index is -0.106. The van der Waals surface area contributed by atoms with Crippen molar-refractivity contribution in [1.29, 1.82) is 0 Å². The number of aliphatic hydroxyl groups is 1. The van der Waals surface area contributed by atoms with Crippen LogP contribution in [0, 0.1) is 6.92 Å². The van der Waals surface area contributed by atoms with E-state index in [4.69, 9.17) is 4.42 Å². The Balaban J connectivity index is 1.77. The van der Waals surface area contributed by atoms with Gasteiger partial charge in [-0.1, -0.05) is 0 Å². The first-order valence-corrected chi connectivity index (χ1v) is 5.21. The quantitative estimate of drug-likeness (QED) is 0.770. The van der Waals surface area contributed by atoms with E-state index in [9.17, 15) is 5.11 Å². The van der Waals surface area contributed by atoms with Crippen molar-refractivity contribution < 1.29 is 9.52 Å². The van der Waals surface area contributed by atoms with Gasteiger partial charge in [-0.25, -0.2) is 0 Å². The summed E-state index contributed by atoms with van der Waals surface area (Å²) in [5, 5.41) is 12.7. The summed E-state index contributed by atoms with van der Waals surface area (Å²) in [7, 11) is 0. The van der Waals surface area contributed by atoms with Crippen molar-refractivity contribution in [1.82, 2.24) is 5.32 Å². The topological polar surface area (TPSA) is 45.4 Å². The Morgan fingerprint density at radius 2 is 2.36 bits per heavy atom. The van der Waals surface area contributed by atoms with Crippen LogP contribution in [0.15, 0.2) is 16.5 Å². The van der Waals surface area contributed by atoms with Gasteiger partial charge in [0.1, 0.15) is 11.5 Å². The second-order valence-corrected chi connectivity index (χ2v) is 4.06. The molecule has 1 heterocycles. The number of rotatable bonds is 3. The highest BCUT2D eigenvalue weighted by Gasteiger charge is 2.22. The molecule has 0 bridgehead atoms. The van der Waals surface area contributed by atoms with Crippen molar-refractivity contribution in [2.45, 2.75) is 44.9 Å². The molecule has 78 valence electrons. The Morgan fingerprint density at radius 3 is 2.93 bits per heavy atom. The zero-order valence-corrected chi connectivity index (χ0v) is 8.49. The van der Waals surface area contributed by atoms with Gasteiger partial charge in [-0.3, -0.25) is 0 Å². The van der Waals surface area contributed by atoms with Crippen molar-refractivity contribution in [3.8, 4) is 0 Å². The van der Waals surface area contributed by atoms with Gasteiger partial charge < -0.3 is 14.8 Å². The summed E-state index contributed by atoms with van der Waals surface area (Å²) in [5.41, 5.74) is 0. The van der Waals surface area contributed by atoms with Gasteiger partial charge in [-0.2, -0.15) is 0 Å². The molecule has 2 atom stereocenters. The number of nitrogens with one attached hydrogen (secondary N) is 1. The summed E-state index contributed by atoms with van der Waals surface area (Å²) in [6.07, 6.45) is 2.76. The molecular formula is C11H17NO2. The van der Waals surface area contributed by atoms with Crippen LogP contribution in [0.5, 0.6) is 0 Å². The average molecular weight is 195 g/mol. The zero-order chi connectivity index (χ0) is 9.97. The normalized spacial score (nSPS) is 27.0. The fourth-order valence-corrected chi connectivity index (χ4v) is 1.97. The van der Waals surface area contributed by atoms with Gasteiger partial charge >= 0.3 is 0 Å². The summed E-state index contributed by atoms with van der Waals surface area (Å²) >= 11 is 0. The Hall–Kier alpha value is -0.800. The number of hydrogen-bond acceptors (Lipinski definition) is 3. The highest BCUT2D eigenvalue weighted by atomic mass is 16.3. The first kappa shape index (κ1) is 9.74. The molecule has 14 heavy (non-hydrogen) atoms. The van der Waals surface area contributed by atoms with Gasteiger partial charge in [-0.15, -0.1) is 0 Å². The molecule has 0 saturated heterocycles. The SMILES string of the molecule is Cc1ccc(CN[C@H]2CC[C@@H](O)C2)o1. The second kappa shape index (κ2) is 4.15. The fourth-order valence-electron chi connectivity index (χ4n) is 1.97. The number of aliphatic hydroxyl groups excluding tert-OH is 1. The lowest BCUT2D eigenvalue weighted by molar-refractivity contribution is 0.179. The summed E-state index contributed by atoms with van der Waals surface area (Å²) in [5.74, 6) is 1.93. The Morgan fingerprint density at radius 1 is 1.50 bits per heavy atom. The molecule has 1 saturated carbocycles. The Bertz CT molecular complexity index is 295. The van der Waals surface area contributed by atoms with E-state index in [2.05, 4.69) is 5.32 Å². The fraction of sp³-hybridized carbons (Fsp3) is 0.636. The molecule has 2 N–H and O–H groups in total. The molecule has 1 aliphatic rings. The Labute approximate surface area is 84.1 Å². The van der Waals surface area contributed by atoms with Crippen LogP contribution in [0.25, 0.3) is 0 Å². The van der Waals surface area contributed by atoms with Crippen LogP contribution in [0.2, 0.25) is 0 Å². The first-order chi connectivity index (χ1) is 6.74. The predicted octanol–water partition coefficient (Wildman–Crippen LogP) is 1.59. The van der Waals surface area contributed by atoms with Gasteiger partial charge in [0.2, 0.25) is 0 Å². The van der Waals surface area contributed by atoms with Crippen molar-refractivity contribution >= 4 is 0 Å². The van der Waals surface area contributed by atoms with Crippen molar-refractivity contribution in [3.63, 3.8) is 0 Å². The first-order valence-electron chi connectivity index (χ1n) is 5.21. The third-order valence-electron chi connectivity index (χ3n) is 2.77. The molecule has 0 spiro atoms. The van der Waals surface area contributed by atoms with Gasteiger partial charge in [0.05, 0.1) is 12.6 Å². The second-order valence-electron chi connectivity index (χ2n) is 4.06. The highest BCUT2D eigenvalue weighted by molar-refractivity contribution is 5.05. The number of aryl methyl sites for hydroxylation is 1. The van der Waals surface area contributed by atoms with Crippen LogP contribution in [0.3, 0.4) is 0 Å². The van der Waals surface area contributed by atoms with E-state index >= 15 is 0 Å². The molecular weight excluding hydrogens is 178 g/mol. The van der Waals surface area contributed by atoms with Crippen LogP contribution >= 0.6 is 0 Å². The van der Waals surface area contributed by atoms with Crippen molar-refractivity contribution in [2.75, 3.05) is 0 Å². The van der Waals surface area contributed by atoms with E-state index in [-0.39, 0.29) is 6.10 Å². The van der Waals surface area contributed by atoms with E-state index in [1.807, 2.05) is 19.1 Å². The third-order valence-corrected chi connectivity index (χ3v) is 2.77. The van der Waals surface area contributed by atoms with Crippen LogP contribution in [0.1, 0.15) is 30.8 Å². The molecule has 1 aliphatic carbocycles. The monoisotopic (exact) mass is 195 g/mol. The van der Waals surface area contributed by atoms with E-state index in [1.54, 1.807) is 0 Å². The van der Waals surface area contributed by atoms with Gasteiger partial charge in [0.15, 0.2) is 0 Å². The highest BCUT2D eigenvalue weighted by Crippen LogP contribution is 2.19. The minimum absolute atomic E-state index is 0.106. The molecule has 1 fully saturated rings. The molecule has 3 heteroatoms. The lowest BCUT2D eigenvalue weighted by Crippen LogP contribution is -2.26. The third kappa shape index (κ3) is 2.36. The van der Waals surface area contributed by atoms with Crippen LogP contribution in [-0.2, 0) is 6.54 Å². The molecule has 0 amide bonds. The molecule has 3 nitrogen and oxygen atoms in total. The molecule has 0 aromatic carbocycles. The van der Waals surface area contributed by atoms with Gasteiger partial charge in [-0.05, 0) is 38.3 Å². The summed E-state index contributed by atoms with van der Waals surface area (Å²) in [6.45, 7) is 2.72. The van der Waals surface area contributed by atoms with Gasteiger partial charge in [0.25, 0.3) is 0 Å². The molecule has 0 aliphatic heterocycles. The van der Waals surface area contributed by atoms with Crippen LogP contribution < -0.4 is 5.32 Å². The van der Waals surface area contributed by atoms with E-state index < -0.39 is 0 Å². The minimum Gasteiger partial charge on any atom is -0.465 e. The molecule has 0 unspecified atom stereocenters. The van der Waals surface area contributed by atoms with Crippen molar-refractivity contribution in [2.24, 2.45) is 0 Å². The van der Waals surface area contributed by atoms with Crippen LogP contribution in [-0.4, -0.2) is 17.3 Å².